The maximum absolute atomic E-state index is 5.41. The summed E-state index contributed by atoms with van der Waals surface area (Å²) in [5.41, 5.74) is 8.06. The third-order valence-corrected chi connectivity index (χ3v) is 1.34. The second-order valence-corrected chi connectivity index (χ2v) is 2.40. The summed E-state index contributed by atoms with van der Waals surface area (Å²) >= 11 is 15.3. The molecular weight excluding hydrogens is 193 g/mol. The third-order valence-electron chi connectivity index (χ3n) is 0.633. The summed E-state index contributed by atoms with van der Waals surface area (Å²) in [6.45, 7) is 0. The van der Waals surface area contributed by atoms with Crippen LogP contribution in [0.4, 0.5) is 0 Å². The summed E-state index contributed by atoms with van der Waals surface area (Å²) in [6, 6.07) is 0. The number of hydrogen-bond acceptors (Lipinski definition) is 2. The largest absolute Gasteiger partial charge is 0.375 e. The summed E-state index contributed by atoms with van der Waals surface area (Å²) in [4.78, 5) is 0. The van der Waals surface area contributed by atoms with Crippen LogP contribution in [-0.4, -0.2) is 22.6 Å². The normalized spacial score (nSPS) is 8.60. The molecule has 0 atom stereocenters. The van der Waals surface area contributed by atoms with Crippen molar-refractivity contribution in [3.63, 3.8) is 0 Å². The van der Waals surface area contributed by atoms with Crippen molar-refractivity contribution < 1.29 is 0 Å². The van der Waals surface area contributed by atoms with E-state index in [9.17, 15) is 0 Å². The molecule has 58 valence electrons. The summed E-state index contributed by atoms with van der Waals surface area (Å²) < 4.78 is 0. The van der Waals surface area contributed by atoms with E-state index in [-0.39, 0.29) is 16.9 Å². The van der Waals surface area contributed by atoms with Crippen LogP contribution in [0.2, 0.25) is 0 Å². The zero-order valence-corrected chi connectivity index (χ0v) is 7.43. The molecule has 0 spiro atoms. The molecule has 0 rings (SSSR count). The molecule has 0 aliphatic rings. The van der Waals surface area contributed by atoms with Gasteiger partial charge in [0.2, 0.25) is 0 Å². The van der Waals surface area contributed by atoms with Gasteiger partial charge >= 0.3 is 0 Å². The van der Waals surface area contributed by atoms with Crippen LogP contribution in [0.5, 0.6) is 0 Å². The summed E-state index contributed by atoms with van der Waals surface area (Å²) in [6.07, 6.45) is 0. The average molecular weight is 200 g/mol. The quantitative estimate of drug-likeness (QED) is 0.304. The number of thiocarbonyl (C=S) groups is 1. The lowest BCUT2D eigenvalue weighted by molar-refractivity contribution is 1.03. The first-order valence-electron chi connectivity index (χ1n) is 2.43. The molecule has 0 saturated carbocycles. The molecule has 0 aromatic carbocycles. The monoisotopic (exact) mass is 199 g/mol. The van der Waals surface area contributed by atoms with Crippen LogP contribution < -0.4 is 11.2 Å². The van der Waals surface area contributed by atoms with Gasteiger partial charge in [-0.2, -0.15) is 5.10 Å². The van der Waals surface area contributed by atoms with Gasteiger partial charge in [0.15, 0.2) is 5.11 Å². The molecule has 0 amide bonds. The van der Waals surface area contributed by atoms with E-state index >= 15 is 0 Å². The number of nitrogens with two attached hydrogens (primary N) is 1. The van der Waals surface area contributed by atoms with Gasteiger partial charge in [-0.15, -0.1) is 23.2 Å². The van der Waals surface area contributed by atoms with E-state index in [0.717, 1.165) is 0 Å². The van der Waals surface area contributed by atoms with E-state index in [1.165, 1.54) is 0 Å². The van der Waals surface area contributed by atoms with Gasteiger partial charge in [-0.25, -0.2) is 0 Å². The van der Waals surface area contributed by atoms with Gasteiger partial charge in [-0.05, 0) is 12.2 Å². The molecule has 0 unspecified atom stereocenters. The Morgan fingerprint density at radius 1 is 1.50 bits per heavy atom. The van der Waals surface area contributed by atoms with E-state index in [2.05, 4.69) is 22.7 Å². The topological polar surface area (TPSA) is 50.4 Å². The summed E-state index contributed by atoms with van der Waals surface area (Å²) in [5.74, 6) is 0.554. The Kier molecular flexibility index (Phi) is 5.67. The minimum Gasteiger partial charge on any atom is -0.375 e. The molecule has 10 heavy (non-hydrogen) atoms. The number of hydrazone groups is 1. The highest BCUT2D eigenvalue weighted by atomic mass is 35.5. The lowest BCUT2D eigenvalue weighted by Crippen LogP contribution is -2.26. The number of nitrogens with zero attached hydrogens (tertiary/aromatic N) is 1. The van der Waals surface area contributed by atoms with Crippen LogP contribution in [0.3, 0.4) is 0 Å². The summed E-state index contributed by atoms with van der Waals surface area (Å²) in [7, 11) is 0. The van der Waals surface area contributed by atoms with Crippen LogP contribution in [-0.2, 0) is 0 Å². The fourth-order valence-corrected chi connectivity index (χ4v) is 0.681. The Hall–Kier alpha value is -0.0600. The van der Waals surface area contributed by atoms with E-state index in [1.807, 2.05) is 0 Å². The zero-order valence-electron chi connectivity index (χ0n) is 5.10. The Bertz CT molecular complexity index is 141. The highest BCUT2D eigenvalue weighted by Gasteiger charge is 1.93. The number of rotatable bonds is 3. The maximum atomic E-state index is 5.41. The van der Waals surface area contributed by atoms with Crippen molar-refractivity contribution in [3.8, 4) is 0 Å². The van der Waals surface area contributed by atoms with Crippen molar-refractivity contribution in [1.29, 1.82) is 0 Å². The van der Waals surface area contributed by atoms with Gasteiger partial charge in [0.1, 0.15) is 0 Å². The van der Waals surface area contributed by atoms with Crippen molar-refractivity contribution in [1.82, 2.24) is 5.43 Å². The van der Waals surface area contributed by atoms with Gasteiger partial charge in [-0.1, -0.05) is 0 Å². The number of halogens is 2. The molecule has 3 N–H and O–H groups in total. The van der Waals surface area contributed by atoms with Gasteiger partial charge < -0.3 is 5.73 Å². The fourth-order valence-electron chi connectivity index (χ4n) is 0.230. The highest BCUT2D eigenvalue weighted by Crippen LogP contribution is 1.85. The van der Waals surface area contributed by atoms with Crippen molar-refractivity contribution >= 4 is 46.2 Å². The molecule has 0 radical (unpaired) electrons. The Morgan fingerprint density at radius 2 is 2.00 bits per heavy atom. The minimum absolute atomic E-state index is 0.104. The molecule has 3 nitrogen and oxygen atoms in total. The number of nitrogens with one attached hydrogen (secondary N) is 1. The van der Waals surface area contributed by atoms with Crippen LogP contribution >= 0.6 is 35.4 Å². The van der Waals surface area contributed by atoms with Gasteiger partial charge in [-0.3, -0.25) is 5.43 Å². The molecule has 0 fully saturated rings. The predicted molar refractivity (Wildman–Crippen MR) is 48.8 cm³/mol. The number of hydrogen-bond donors (Lipinski definition) is 2. The van der Waals surface area contributed by atoms with Crippen molar-refractivity contribution in [2.75, 3.05) is 11.8 Å². The summed E-state index contributed by atoms with van der Waals surface area (Å²) in [5, 5.41) is 3.80. The predicted octanol–water partition coefficient (Wildman–Crippen LogP) is 0.653. The van der Waals surface area contributed by atoms with E-state index in [0.29, 0.717) is 5.71 Å². The van der Waals surface area contributed by atoms with E-state index < -0.39 is 0 Å². The average Bonchev–Trinajstić information content (AvgIpc) is 1.90. The van der Waals surface area contributed by atoms with E-state index in [4.69, 9.17) is 28.9 Å². The fraction of sp³-hybridized carbons (Fsp3) is 0.500. The Labute approximate surface area is 74.6 Å². The van der Waals surface area contributed by atoms with Crippen LogP contribution in [0.25, 0.3) is 0 Å². The molecular formula is C4H7Cl2N3S. The number of alkyl halides is 2. The SMILES string of the molecule is NC(=S)NN=C(CCl)CCl. The van der Waals surface area contributed by atoms with Crippen molar-refractivity contribution in [2.24, 2.45) is 10.8 Å². The smallest absolute Gasteiger partial charge is 0.184 e. The first-order chi connectivity index (χ1) is 4.70. The maximum Gasteiger partial charge on any atom is 0.184 e. The van der Waals surface area contributed by atoms with Gasteiger partial charge in [0.25, 0.3) is 0 Å². The third kappa shape index (κ3) is 4.78. The first kappa shape index (κ1) is 9.94. The molecule has 0 aliphatic heterocycles. The molecule has 6 heteroatoms. The minimum atomic E-state index is 0.104. The standard InChI is InChI=1S/C4H7Cl2N3S/c5-1-3(2-6)8-9-4(7)10/h1-2H2,(H3,7,9,10). The van der Waals surface area contributed by atoms with Crippen LogP contribution in [0.1, 0.15) is 0 Å². The van der Waals surface area contributed by atoms with Gasteiger partial charge in [0.05, 0.1) is 17.5 Å². The molecule has 0 aromatic rings. The van der Waals surface area contributed by atoms with Crippen molar-refractivity contribution in [3.05, 3.63) is 0 Å². The lowest BCUT2D eigenvalue weighted by atomic mass is 10.5. The Balaban J connectivity index is 3.74. The zero-order chi connectivity index (χ0) is 7.98. The second-order valence-electron chi connectivity index (χ2n) is 1.42. The Morgan fingerprint density at radius 3 is 2.30 bits per heavy atom. The molecule has 0 aliphatic carbocycles. The molecule has 0 heterocycles. The molecule has 0 saturated heterocycles. The molecule has 0 aromatic heterocycles. The first-order valence-corrected chi connectivity index (χ1v) is 3.91. The highest BCUT2D eigenvalue weighted by molar-refractivity contribution is 7.80. The van der Waals surface area contributed by atoms with Gasteiger partial charge in [0, 0.05) is 0 Å². The van der Waals surface area contributed by atoms with Crippen molar-refractivity contribution in [2.45, 2.75) is 0 Å². The van der Waals surface area contributed by atoms with E-state index in [1.54, 1.807) is 0 Å². The second kappa shape index (κ2) is 5.70. The van der Waals surface area contributed by atoms with Crippen LogP contribution in [0, 0.1) is 0 Å². The lowest BCUT2D eigenvalue weighted by Gasteiger charge is -1.97. The van der Waals surface area contributed by atoms with Crippen LogP contribution in [0.15, 0.2) is 5.10 Å². The molecule has 0 bridgehead atoms.